The molecule has 0 aliphatic rings. The van der Waals surface area contributed by atoms with E-state index in [-0.39, 0.29) is 6.04 Å². The number of carbonyl (C=O) groups excluding carboxylic acids is 1. The van der Waals surface area contributed by atoms with Crippen molar-refractivity contribution in [2.75, 3.05) is 6.54 Å². The monoisotopic (exact) mass is 308 g/mol. The highest BCUT2D eigenvalue weighted by molar-refractivity contribution is 6.30. The van der Waals surface area contributed by atoms with Crippen molar-refractivity contribution in [1.29, 1.82) is 0 Å². The van der Waals surface area contributed by atoms with Crippen molar-refractivity contribution in [3.8, 4) is 0 Å². The molecule has 1 amide bonds. The minimum atomic E-state index is -4.41. The number of carbonyl (C=O) groups is 1. The summed E-state index contributed by atoms with van der Waals surface area (Å²) in [7, 11) is 0. The Morgan fingerprint density at radius 2 is 1.80 bits per heavy atom. The standard InChI is InChI=1S/C13H16ClF3N2O/c1-8(10-3-5-11(14)6-4-10)19-9(2)12(20)18-7-13(15,16)17/h3-6,8-9,19H,7H2,1-2H3,(H,18,20). The lowest BCUT2D eigenvalue weighted by molar-refractivity contribution is -0.139. The van der Waals surface area contributed by atoms with Gasteiger partial charge in [-0.25, -0.2) is 0 Å². The average molecular weight is 309 g/mol. The van der Waals surface area contributed by atoms with Crippen LogP contribution in [0.3, 0.4) is 0 Å². The quantitative estimate of drug-likeness (QED) is 0.878. The lowest BCUT2D eigenvalue weighted by atomic mass is 10.1. The first-order valence-electron chi connectivity index (χ1n) is 6.05. The molecule has 0 bridgehead atoms. The second-order valence-electron chi connectivity index (χ2n) is 4.49. The van der Waals surface area contributed by atoms with Crippen LogP contribution in [0.5, 0.6) is 0 Å². The zero-order valence-electron chi connectivity index (χ0n) is 11.1. The molecule has 0 fully saturated rings. The van der Waals surface area contributed by atoms with Crippen LogP contribution in [0.1, 0.15) is 25.5 Å². The van der Waals surface area contributed by atoms with Crippen molar-refractivity contribution in [1.82, 2.24) is 10.6 Å². The summed E-state index contributed by atoms with van der Waals surface area (Å²) < 4.78 is 36.0. The summed E-state index contributed by atoms with van der Waals surface area (Å²) >= 11 is 5.77. The maximum absolute atomic E-state index is 12.0. The Morgan fingerprint density at radius 1 is 1.25 bits per heavy atom. The number of nitrogens with one attached hydrogen (secondary N) is 2. The van der Waals surface area contributed by atoms with Gasteiger partial charge in [0.05, 0.1) is 6.04 Å². The van der Waals surface area contributed by atoms with Crippen LogP contribution >= 0.6 is 11.6 Å². The van der Waals surface area contributed by atoms with E-state index in [2.05, 4.69) is 5.32 Å². The van der Waals surface area contributed by atoms with E-state index in [0.717, 1.165) is 5.56 Å². The molecule has 7 heteroatoms. The molecule has 1 aromatic carbocycles. The third-order valence-electron chi connectivity index (χ3n) is 2.73. The Bertz CT molecular complexity index is 448. The van der Waals surface area contributed by atoms with Gasteiger partial charge in [-0.05, 0) is 31.5 Å². The molecule has 0 spiro atoms. The van der Waals surface area contributed by atoms with Crippen molar-refractivity contribution in [3.63, 3.8) is 0 Å². The molecule has 0 radical (unpaired) electrons. The molecule has 1 aromatic rings. The van der Waals surface area contributed by atoms with Crippen LogP contribution in [-0.2, 0) is 4.79 Å². The van der Waals surface area contributed by atoms with Crippen molar-refractivity contribution < 1.29 is 18.0 Å². The normalized spacial score (nSPS) is 14.7. The molecule has 3 nitrogen and oxygen atoms in total. The van der Waals surface area contributed by atoms with Crippen molar-refractivity contribution in [2.24, 2.45) is 0 Å². The average Bonchev–Trinajstić information content (AvgIpc) is 2.35. The Kier molecular flexibility index (Phi) is 5.83. The maximum atomic E-state index is 12.0. The first-order valence-corrected chi connectivity index (χ1v) is 6.43. The predicted molar refractivity (Wildman–Crippen MR) is 71.5 cm³/mol. The Hall–Kier alpha value is -1.27. The van der Waals surface area contributed by atoms with E-state index in [0.29, 0.717) is 5.02 Å². The first kappa shape index (κ1) is 16.8. The van der Waals surface area contributed by atoms with E-state index in [9.17, 15) is 18.0 Å². The highest BCUT2D eigenvalue weighted by atomic mass is 35.5. The van der Waals surface area contributed by atoms with Crippen LogP contribution in [0.2, 0.25) is 5.02 Å². The van der Waals surface area contributed by atoms with Gasteiger partial charge in [-0.2, -0.15) is 13.2 Å². The Morgan fingerprint density at radius 3 is 2.30 bits per heavy atom. The van der Waals surface area contributed by atoms with Crippen LogP contribution in [0, 0.1) is 0 Å². The summed E-state index contributed by atoms with van der Waals surface area (Å²) in [6.45, 7) is 2.00. The van der Waals surface area contributed by atoms with Gasteiger partial charge in [0, 0.05) is 11.1 Å². The second kappa shape index (κ2) is 6.95. The van der Waals surface area contributed by atoms with Gasteiger partial charge in [-0.15, -0.1) is 0 Å². The molecule has 0 aliphatic heterocycles. The summed E-state index contributed by atoms with van der Waals surface area (Å²) in [5.41, 5.74) is 0.893. The van der Waals surface area contributed by atoms with Gasteiger partial charge in [-0.3, -0.25) is 10.1 Å². The largest absolute Gasteiger partial charge is 0.405 e. The van der Waals surface area contributed by atoms with E-state index < -0.39 is 24.7 Å². The van der Waals surface area contributed by atoms with Crippen LogP contribution in [0.4, 0.5) is 13.2 Å². The topological polar surface area (TPSA) is 41.1 Å². The SMILES string of the molecule is CC(NC(C)c1ccc(Cl)cc1)C(=O)NCC(F)(F)F. The van der Waals surface area contributed by atoms with Gasteiger partial charge >= 0.3 is 6.18 Å². The zero-order chi connectivity index (χ0) is 15.3. The summed E-state index contributed by atoms with van der Waals surface area (Å²) in [5, 5.41) is 5.36. The number of amides is 1. The molecule has 2 atom stereocenters. The lowest BCUT2D eigenvalue weighted by Gasteiger charge is -2.20. The fraction of sp³-hybridized carbons (Fsp3) is 0.462. The van der Waals surface area contributed by atoms with Gasteiger partial charge in [0.15, 0.2) is 0 Å². The highest BCUT2D eigenvalue weighted by Gasteiger charge is 2.28. The Balaban J connectivity index is 2.50. The molecule has 2 N–H and O–H groups in total. The number of hydrogen-bond acceptors (Lipinski definition) is 2. The molecule has 2 unspecified atom stereocenters. The molecule has 0 aromatic heterocycles. The minimum absolute atomic E-state index is 0.182. The number of benzene rings is 1. The molecule has 0 saturated carbocycles. The van der Waals surface area contributed by atoms with Gasteiger partial charge in [0.25, 0.3) is 0 Å². The third-order valence-corrected chi connectivity index (χ3v) is 2.98. The van der Waals surface area contributed by atoms with Gasteiger partial charge < -0.3 is 5.32 Å². The fourth-order valence-electron chi connectivity index (χ4n) is 1.64. The second-order valence-corrected chi connectivity index (χ2v) is 4.93. The number of rotatable bonds is 5. The van der Waals surface area contributed by atoms with Crippen molar-refractivity contribution in [2.45, 2.75) is 32.1 Å². The first-order chi connectivity index (χ1) is 9.19. The molecular weight excluding hydrogens is 293 g/mol. The zero-order valence-corrected chi connectivity index (χ0v) is 11.8. The summed E-state index contributed by atoms with van der Waals surface area (Å²) in [6.07, 6.45) is -4.41. The summed E-state index contributed by atoms with van der Waals surface area (Å²) in [5.74, 6) is -0.692. The molecule has 0 aliphatic carbocycles. The molecule has 1 rings (SSSR count). The lowest BCUT2D eigenvalue weighted by Crippen LogP contribution is -2.45. The molecule has 0 saturated heterocycles. The van der Waals surface area contributed by atoms with Crippen LogP contribution in [0.15, 0.2) is 24.3 Å². The third kappa shape index (κ3) is 5.79. The van der Waals surface area contributed by atoms with Gasteiger partial charge in [0.1, 0.15) is 6.54 Å². The Labute approximate surface area is 120 Å². The maximum Gasteiger partial charge on any atom is 0.405 e. The van der Waals surface area contributed by atoms with Crippen molar-refractivity contribution in [3.05, 3.63) is 34.9 Å². The van der Waals surface area contributed by atoms with Crippen LogP contribution in [-0.4, -0.2) is 24.7 Å². The predicted octanol–water partition coefficient (Wildman–Crippen LogP) is 3.06. The smallest absolute Gasteiger partial charge is 0.346 e. The summed E-state index contributed by atoms with van der Waals surface area (Å²) in [4.78, 5) is 11.5. The van der Waals surface area contributed by atoms with E-state index >= 15 is 0 Å². The minimum Gasteiger partial charge on any atom is -0.346 e. The van der Waals surface area contributed by atoms with Crippen LogP contribution in [0.25, 0.3) is 0 Å². The summed E-state index contributed by atoms with van der Waals surface area (Å²) in [6, 6.07) is 6.09. The van der Waals surface area contributed by atoms with E-state index in [1.165, 1.54) is 6.92 Å². The number of halogens is 4. The number of alkyl halides is 3. The van der Waals surface area contributed by atoms with E-state index in [4.69, 9.17) is 11.6 Å². The van der Waals surface area contributed by atoms with Crippen LogP contribution < -0.4 is 10.6 Å². The molecule has 0 heterocycles. The molecule has 112 valence electrons. The van der Waals surface area contributed by atoms with E-state index in [1.54, 1.807) is 24.3 Å². The fourth-order valence-corrected chi connectivity index (χ4v) is 1.76. The number of hydrogen-bond donors (Lipinski definition) is 2. The molecule has 20 heavy (non-hydrogen) atoms. The van der Waals surface area contributed by atoms with Gasteiger partial charge in [0.2, 0.25) is 5.91 Å². The highest BCUT2D eigenvalue weighted by Crippen LogP contribution is 2.16. The molecular formula is C13H16ClF3N2O. The van der Waals surface area contributed by atoms with Crippen molar-refractivity contribution >= 4 is 17.5 Å². The van der Waals surface area contributed by atoms with E-state index in [1.807, 2.05) is 12.2 Å². The van der Waals surface area contributed by atoms with Gasteiger partial charge in [-0.1, -0.05) is 23.7 Å².